The summed E-state index contributed by atoms with van der Waals surface area (Å²) >= 11 is 0. The number of hydrogen-bond donors (Lipinski definition) is 3. The van der Waals surface area contributed by atoms with Crippen molar-refractivity contribution in [2.75, 3.05) is 18.6 Å². The molecule has 0 fully saturated rings. The molecular weight excluding hydrogens is 212 g/mol. The number of anilines is 1. The van der Waals surface area contributed by atoms with Crippen molar-refractivity contribution in [3.8, 4) is 0 Å². The summed E-state index contributed by atoms with van der Waals surface area (Å²) in [6.07, 6.45) is 2.94. The molecule has 16 heavy (non-hydrogen) atoms. The van der Waals surface area contributed by atoms with Gasteiger partial charge < -0.3 is 4.52 Å². The average Bonchev–Trinajstić information content (AvgIpc) is 2.89. The Morgan fingerprint density at radius 2 is 2.50 bits per heavy atom. The van der Waals surface area contributed by atoms with E-state index in [0.29, 0.717) is 12.6 Å². The molecule has 0 aromatic carbocycles. The molecule has 1 aromatic rings. The van der Waals surface area contributed by atoms with Gasteiger partial charge in [0, 0.05) is 20.0 Å². The van der Waals surface area contributed by atoms with E-state index in [2.05, 4.69) is 26.2 Å². The predicted octanol–water partition coefficient (Wildman–Crippen LogP) is -1.20. The Kier molecular flexibility index (Phi) is 3.17. The van der Waals surface area contributed by atoms with Gasteiger partial charge in [-0.1, -0.05) is 5.16 Å². The van der Waals surface area contributed by atoms with Crippen molar-refractivity contribution < 1.29 is 4.52 Å². The minimum absolute atomic E-state index is 0.316. The first-order valence-electron chi connectivity index (χ1n) is 4.87. The van der Waals surface area contributed by atoms with Crippen LogP contribution in [0.1, 0.15) is 12.8 Å². The Bertz CT molecular complexity index is 349. The fourth-order valence-electron chi connectivity index (χ4n) is 1.30. The maximum atomic E-state index is 5.70. The number of amidine groups is 1. The number of nitrogens with two attached hydrogens (primary N) is 1. The summed E-state index contributed by atoms with van der Waals surface area (Å²) in [5, 5.41) is 10.6. The lowest BCUT2D eigenvalue weighted by atomic mass is 10.3. The van der Waals surface area contributed by atoms with Crippen LogP contribution in [-0.4, -0.2) is 34.7 Å². The van der Waals surface area contributed by atoms with E-state index in [1.807, 2.05) is 7.05 Å². The van der Waals surface area contributed by atoms with Crippen molar-refractivity contribution >= 4 is 11.9 Å². The predicted molar refractivity (Wildman–Crippen MR) is 56.5 cm³/mol. The Morgan fingerprint density at radius 3 is 3.12 bits per heavy atom. The van der Waals surface area contributed by atoms with Crippen LogP contribution in [0.15, 0.2) is 16.0 Å². The third kappa shape index (κ3) is 2.58. The van der Waals surface area contributed by atoms with Crippen molar-refractivity contribution in [1.82, 2.24) is 26.2 Å². The van der Waals surface area contributed by atoms with Crippen molar-refractivity contribution in [3.05, 3.63) is 6.33 Å². The fourth-order valence-corrected chi connectivity index (χ4v) is 1.30. The van der Waals surface area contributed by atoms with Gasteiger partial charge in [0.2, 0.25) is 0 Å². The van der Waals surface area contributed by atoms with E-state index in [1.165, 1.54) is 11.3 Å². The molecule has 0 unspecified atom stereocenters. The molecule has 0 aliphatic carbocycles. The van der Waals surface area contributed by atoms with Crippen LogP contribution < -0.4 is 21.8 Å². The molecule has 0 amide bonds. The molecule has 9 nitrogen and oxygen atoms in total. The Labute approximate surface area is 92.2 Å². The van der Waals surface area contributed by atoms with Crippen LogP contribution in [0.4, 0.5) is 6.01 Å². The maximum Gasteiger partial charge on any atom is 0.337 e. The van der Waals surface area contributed by atoms with E-state index in [0.717, 1.165) is 18.7 Å². The van der Waals surface area contributed by atoms with E-state index in [1.54, 1.807) is 5.12 Å². The summed E-state index contributed by atoms with van der Waals surface area (Å²) in [5.41, 5.74) is 5.78. The average molecular weight is 226 g/mol. The van der Waals surface area contributed by atoms with Gasteiger partial charge in [-0.25, -0.2) is 11.4 Å². The van der Waals surface area contributed by atoms with Gasteiger partial charge in [0.05, 0.1) is 0 Å². The molecule has 88 valence electrons. The first-order chi connectivity index (χ1) is 7.75. The van der Waals surface area contributed by atoms with E-state index in [-0.39, 0.29) is 0 Å². The van der Waals surface area contributed by atoms with Crippen molar-refractivity contribution in [1.29, 1.82) is 0 Å². The topological polar surface area (TPSA) is 108 Å². The van der Waals surface area contributed by atoms with Crippen molar-refractivity contribution in [2.24, 2.45) is 10.9 Å². The first-order valence-corrected chi connectivity index (χ1v) is 4.87. The van der Waals surface area contributed by atoms with Gasteiger partial charge in [-0.15, -0.1) is 10.2 Å². The molecule has 0 spiro atoms. The second-order valence-electron chi connectivity index (χ2n) is 3.35. The van der Waals surface area contributed by atoms with E-state index in [9.17, 15) is 0 Å². The first kappa shape index (κ1) is 10.6. The van der Waals surface area contributed by atoms with Crippen LogP contribution in [0.5, 0.6) is 0 Å². The van der Waals surface area contributed by atoms with Gasteiger partial charge in [-0.2, -0.15) is 4.98 Å². The minimum Gasteiger partial charge on any atom is -0.314 e. The van der Waals surface area contributed by atoms with Gasteiger partial charge in [-0.05, 0) is 6.42 Å². The smallest absolute Gasteiger partial charge is 0.314 e. The van der Waals surface area contributed by atoms with Gasteiger partial charge in [0.1, 0.15) is 5.84 Å². The minimum atomic E-state index is 0.316. The maximum absolute atomic E-state index is 5.70. The van der Waals surface area contributed by atoms with E-state index in [4.69, 9.17) is 10.4 Å². The summed E-state index contributed by atoms with van der Waals surface area (Å²) in [6.45, 7) is 0.618. The number of hydrogen-bond acceptors (Lipinski definition) is 9. The largest absolute Gasteiger partial charge is 0.337 e. The SMILES string of the molecule is CN1NN=C(CCCN(N)c2ncno2)N1. The molecule has 1 aromatic heterocycles. The van der Waals surface area contributed by atoms with Crippen LogP contribution in [0.3, 0.4) is 0 Å². The lowest BCUT2D eigenvalue weighted by Gasteiger charge is -2.12. The lowest BCUT2D eigenvalue weighted by molar-refractivity contribution is 0.231. The van der Waals surface area contributed by atoms with Crippen molar-refractivity contribution in [2.45, 2.75) is 12.8 Å². The molecule has 0 bridgehead atoms. The van der Waals surface area contributed by atoms with E-state index < -0.39 is 0 Å². The van der Waals surface area contributed by atoms with Gasteiger partial charge in [0.15, 0.2) is 6.33 Å². The molecule has 4 N–H and O–H groups in total. The number of rotatable bonds is 5. The number of nitrogens with zero attached hydrogens (tertiary/aromatic N) is 5. The third-order valence-electron chi connectivity index (χ3n) is 2.04. The number of aromatic nitrogens is 2. The molecular formula is C7H14N8O. The van der Waals surface area contributed by atoms with Gasteiger partial charge >= 0.3 is 6.01 Å². The molecule has 0 atom stereocenters. The summed E-state index contributed by atoms with van der Waals surface area (Å²) in [6, 6.07) is 0.316. The highest BCUT2D eigenvalue weighted by atomic mass is 16.5. The quantitative estimate of drug-likeness (QED) is 0.424. The standard InChI is InChI=1S/C7H14N8O/c1-14-12-6(11-13-14)3-2-4-15(8)7-9-5-10-16-7/h5,13H,2-4,8H2,1H3,(H,11,12). The molecule has 9 heteroatoms. The Morgan fingerprint density at radius 1 is 1.62 bits per heavy atom. The number of hydrazone groups is 1. The van der Waals surface area contributed by atoms with Crippen LogP contribution in [-0.2, 0) is 0 Å². The molecule has 0 saturated carbocycles. The van der Waals surface area contributed by atoms with Gasteiger partial charge in [0.25, 0.3) is 0 Å². The molecule has 2 rings (SSSR count). The fraction of sp³-hybridized carbons (Fsp3) is 0.571. The molecule has 0 saturated heterocycles. The van der Waals surface area contributed by atoms with Crippen LogP contribution in [0.2, 0.25) is 0 Å². The monoisotopic (exact) mass is 226 g/mol. The summed E-state index contributed by atoms with van der Waals surface area (Å²) in [5.74, 6) is 6.58. The van der Waals surface area contributed by atoms with E-state index >= 15 is 0 Å². The third-order valence-corrected chi connectivity index (χ3v) is 2.04. The zero-order valence-corrected chi connectivity index (χ0v) is 8.92. The van der Waals surface area contributed by atoms with Crippen molar-refractivity contribution in [3.63, 3.8) is 0 Å². The summed E-state index contributed by atoms with van der Waals surface area (Å²) in [7, 11) is 1.84. The van der Waals surface area contributed by atoms with Crippen LogP contribution in [0, 0.1) is 0 Å². The summed E-state index contributed by atoms with van der Waals surface area (Å²) < 4.78 is 4.81. The Balaban J connectivity index is 1.68. The normalized spacial score (nSPS) is 15.5. The molecule has 2 heterocycles. The second-order valence-corrected chi connectivity index (χ2v) is 3.35. The molecule has 1 aliphatic rings. The molecule has 0 radical (unpaired) electrons. The highest BCUT2D eigenvalue weighted by molar-refractivity contribution is 5.82. The van der Waals surface area contributed by atoms with Crippen LogP contribution >= 0.6 is 0 Å². The second kappa shape index (κ2) is 4.77. The zero-order valence-electron chi connectivity index (χ0n) is 8.92. The highest BCUT2D eigenvalue weighted by Gasteiger charge is 2.11. The lowest BCUT2D eigenvalue weighted by Crippen LogP contribution is -2.38. The number of nitrogens with one attached hydrogen (secondary N) is 2. The number of hydrazine groups is 3. The van der Waals surface area contributed by atoms with Crippen LogP contribution in [0.25, 0.3) is 0 Å². The summed E-state index contributed by atoms with van der Waals surface area (Å²) in [4.78, 5) is 3.84. The molecule has 1 aliphatic heterocycles. The Hall–Kier alpha value is -1.87. The van der Waals surface area contributed by atoms with Gasteiger partial charge in [-0.3, -0.25) is 10.4 Å². The zero-order chi connectivity index (χ0) is 11.4. The highest BCUT2D eigenvalue weighted by Crippen LogP contribution is 2.05.